The molecule has 0 saturated heterocycles. The van der Waals surface area contributed by atoms with Crippen LogP contribution in [-0.4, -0.2) is 18.0 Å². The maximum atomic E-state index is 10.9. The van der Waals surface area contributed by atoms with Crippen molar-refractivity contribution in [2.45, 2.75) is 32.7 Å². The predicted octanol–water partition coefficient (Wildman–Crippen LogP) is 2.51. The molecule has 100 valence electrons. The lowest BCUT2D eigenvalue weighted by atomic mass is 10.1. The topological polar surface area (TPSA) is 84.4 Å². The van der Waals surface area contributed by atoms with E-state index in [4.69, 9.17) is 5.84 Å². The van der Waals surface area contributed by atoms with E-state index < -0.39 is 4.92 Å². The first kappa shape index (κ1) is 14.2. The van der Waals surface area contributed by atoms with Gasteiger partial charge in [-0.3, -0.25) is 16.0 Å². The Bertz CT molecular complexity index is 419. The molecule has 1 aromatic rings. The van der Waals surface area contributed by atoms with Gasteiger partial charge in [-0.2, -0.15) is 0 Å². The Morgan fingerprint density at radius 2 is 2.00 bits per heavy atom. The summed E-state index contributed by atoms with van der Waals surface area (Å²) in [6, 6.07) is 5.16. The molecule has 0 spiro atoms. The Labute approximate surface area is 107 Å². The number of rotatable bonds is 6. The van der Waals surface area contributed by atoms with Crippen molar-refractivity contribution in [3.05, 3.63) is 28.3 Å². The van der Waals surface area contributed by atoms with Crippen LogP contribution in [0.5, 0.6) is 0 Å². The van der Waals surface area contributed by atoms with Gasteiger partial charge >= 0.3 is 0 Å². The highest BCUT2D eigenvalue weighted by Gasteiger charge is 2.16. The Morgan fingerprint density at radius 1 is 1.39 bits per heavy atom. The molecule has 0 aliphatic carbocycles. The molecule has 18 heavy (non-hydrogen) atoms. The van der Waals surface area contributed by atoms with Crippen molar-refractivity contribution in [1.29, 1.82) is 0 Å². The van der Waals surface area contributed by atoms with Crippen LogP contribution in [0.15, 0.2) is 18.2 Å². The smallest absolute Gasteiger partial charge is 0.273 e. The van der Waals surface area contributed by atoms with E-state index >= 15 is 0 Å². The first-order chi connectivity index (χ1) is 8.53. The lowest BCUT2D eigenvalue weighted by Crippen LogP contribution is -2.30. The zero-order chi connectivity index (χ0) is 13.7. The Morgan fingerprint density at radius 3 is 2.44 bits per heavy atom. The highest BCUT2D eigenvalue weighted by Crippen LogP contribution is 2.28. The van der Waals surface area contributed by atoms with Gasteiger partial charge in [0.15, 0.2) is 0 Å². The summed E-state index contributed by atoms with van der Waals surface area (Å²) in [5, 5.41) is 10.9. The Kier molecular flexibility index (Phi) is 4.91. The molecule has 0 aliphatic rings. The third-order valence-corrected chi connectivity index (χ3v) is 3.18. The second-order valence-corrected chi connectivity index (χ2v) is 4.22. The summed E-state index contributed by atoms with van der Waals surface area (Å²) >= 11 is 0. The van der Waals surface area contributed by atoms with Crippen molar-refractivity contribution in [2.24, 2.45) is 5.84 Å². The Balaban J connectivity index is 3.14. The summed E-state index contributed by atoms with van der Waals surface area (Å²) in [4.78, 5) is 12.5. The number of hydrogen-bond donors (Lipinski definition) is 2. The molecule has 0 atom stereocenters. The van der Waals surface area contributed by atoms with E-state index in [0.717, 1.165) is 18.5 Å². The fourth-order valence-corrected chi connectivity index (χ4v) is 2.03. The lowest BCUT2D eigenvalue weighted by molar-refractivity contribution is -0.384. The fourth-order valence-electron chi connectivity index (χ4n) is 2.03. The zero-order valence-electron chi connectivity index (χ0n) is 11.0. The third-order valence-electron chi connectivity index (χ3n) is 3.18. The van der Waals surface area contributed by atoms with Crippen LogP contribution in [0.4, 0.5) is 17.1 Å². The average molecular weight is 252 g/mol. The van der Waals surface area contributed by atoms with Crippen molar-refractivity contribution in [3.63, 3.8) is 0 Å². The molecule has 0 unspecified atom stereocenters. The Hall–Kier alpha value is -1.82. The molecule has 0 aromatic heterocycles. The van der Waals surface area contributed by atoms with Crippen LogP contribution in [0.25, 0.3) is 0 Å². The molecule has 0 bridgehead atoms. The van der Waals surface area contributed by atoms with Gasteiger partial charge in [-0.1, -0.05) is 13.8 Å². The van der Waals surface area contributed by atoms with Crippen molar-refractivity contribution < 1.29 is 4.92 Å². The number of non-ortho nitro benzene ring substituents is 1. The monoisotopic (exact) mass is 252 g/mol. The number of nitro benzene ring substituents is 1. The van der Waals surface area contributed by atoms with Gasteiger partial charge in [-0.05, 0) is 18.9 Å². The summed E-state index contributed by atoms with van der Waals surface area (Å²) in [5.74, 6) is 5.34. The minimum atomic E-state index is -0.412. The predicted molar refractivity (Wildman–Crippen MR) is 73.7 cm³/mol. The SMILES string of the molecule is CCC(CC)N(C)c1cc(NN)cc([N+](=O)[O-])c1. The maximum Gasteiger partial charge on any atom is 0.273 e. The first-order valence-electron chi connectivity index (χ1n) is 6.02. The lowest BCUT2D eigenvalue weighted by Gasteiger charge is -2.28. The zero-order valence-corrected chi connectivity index (χ0v) is 11.0. The maximum absolute atomic E-state index is 10.9. The van der Waals surface area contributed by atoms with Gasteiger partial charge in [0.05, 0.1) is 10.6 Å². The number of anilines is 2. The van der Waals surface area contributed by atoms with Crippen molar-refractivity contribution in [1.82, 2.24) is 0 Å². The van der Waals surface area contributed by atoms with Crippen molar-refractivity contribution in [3.8, 4) is 0 Å². The molecule has 6 heteroatoms. The quantitative estimate of drug-likeness (QED) is 0.461. The normalized spacial score (nSPS) is 10.5. The van der Waals surface area contributed by atoms with Crippen LogP contribution < -0.4 is 16.2 Å². The van der Waals surface area contributed by atoms with Gasteiger partial charge < -0.3 is 10.3 Å². The van der Waals surface area contributed by atoms with Gasteiger partial charge in [0, 0.05) is 30.9 Å². The number of benzene rings is 1. The van der Waals surface area contributed by atoms with Crippen molar-refractivity contribution in [2.75, 3.05) is 17.4 Å². The molecule has 1 rings (SSSR count). The minimum Gasteiger partial charge on any atom is -0.371 e. The summed E-state index contributed by atoms with van der Waals surface area (Å²) in [6.45, 7) is 4.20. The van der Waals surface area contributed by atoms with E-state index in [1.807, 2.05) is 18.0 Å². The summed E-state index contributed by atoms with van der Waals surface area (Å²) < 4.78 is 0. The van der Waals surface area contributed by atoms with E-state index in [1.54, 1.807) is 6.07 Å². The summed E-state index contributed by atoms with van der Waals surface area (Å²) in [5.41, 5.74) is 3.84. The van der Waals surface area contributed by atoms with Gasteiger partial charge in [0.2, 0.25) is 0 Å². The number of nitrogens with one attached hydrogen (secondary N) is 1. The third kappa shape index (κ3) is 3.10. The molecule has 6 nitrogen and oxygen atoms in total. The van der Waals surface area contributed by atoms with Gasteiger partial charge in [0.1, 0.15) is 0 Å². The number of nitrogens with two attached hydrogens (primary N) is 1. The molecular weight excluding hydrogens is 232 g/mol. The van der Waals surface area contributed by atoms with E-state index in [0.29, 0.717) is 11.7 Å². The molecular formula is C12H20N4O2. The van der Waals surface area contributed by atoms with Crippen LogP contribution >= 0.6 is 0 Å². The molecule has 3 N–H and O–H groups in total. The second kappa shape index (κ2) is 6.20. The molecule has 0 amide bonds. The molecule has 0 saturated carbocycles. The van der Waals surface area contributed by atoms with Gasteiger partial charge in [-0.25, -0.2) is 0 Å². The number of nitrogen functional groups attached to an aromatic ring is 1. The van der Waals surface area contributed by atoms with E-state index in [1.165, 1.54) is 6.07 Å². The largest absolute Gasteiger partial charge is 0.371 e. The van der Waals surface area contributed by atoms with E-state index in [9.17, 15) is 10.1 Å². The number of nitro groups is 1. The average Bonchev–Trinajstić information content (AvgIpc) is 2.39. The van der Waals surface area contributed by atoms with Crippen molar-refractivity contribution >= 4 is 17.1 Å². The van der Waals surface area contributed by atoms with E-state index in [2.05, 4.69) is 19.3 Å². The highest BCUT2D eigenvalue weighted by atomic mass is 16.6. The van der Waals surface area contributed by atoms with Crippen LogP contribution in [0.3, 0.4) is 0 Å². The molecule has 0 heterocycles. The van der Waals surface area contributed by atoms with Crippen LogP contribution in [0, 0.1) is 10.1 Å². The number of nitrogens with zero attached hydrogens (tertiary/aromatic N) is 2. The number of hydrazine groups is 1. The highest BCUT2D eigenvalue weighted by molar-refractivity contribution is 5.64. The van der Waals surface area contributed by atoms with Gasteiger partial charge in [-0.15, -0.1) is 0 Å². The minimum absolute atomic E-state index is 0.0401. The molecule has 0 aliphatic heterocycles. The van der Waals surface area contributed by atoms with Crippen LogP contribution in [-0.2, 0) is 0 Å². The summed E-state index contributed by atoms with van der Waals surface area (Å²) in [7, 11) is 1.94. The molecule has 0 radical (unpaired) electrons. The van der Waals surface area contributed by atoms with Crippen LogP contribution in [0.2, 0.25) is 0 Å². The number of hydrogen-bond acceptors (Lipinski definition) is 5. The second-order valence-electron chi connectivity index (χ2n) is 4.22. The fraction of sp³-hybridized carbons (Fsp3) is 0.500. The van der Waals surface area contributed by atoms with Crippen LogP contribution in [0.1, 0.15) is 26.7 Å². The van der Waals surface area contributed by atoms with Gasteiger partial charge in [0.25, 0.3) is 5.69 Å². The van der Waals surface area contributed by atoms with E-state index in [-0.39, 0.29) is 5.69 Å². The summed E-state index contributed by atoms with van der Waals surface area (Å²) in [6.07, 6.45) is 1.97. The standard InChI is InChI=1S/C12H20N4O2/c1-4-10(5-2)15(3)11-6-9(14-13)7-12(8-11)16(17)18/h6-8,10,14H,4-5,13H2,1-3H3. The molecule has 1 aromatic carbocycles. The first-order valence-corrected chi connectivity index (χ1v) is 6.02. The molecule has 0 fully saturated rings.